The number of carbonyl (C=O) groups is 4. The Balaban J connectivity index is 1.40. The van der Waals surface area contributed by atoms with Crippen molar-refractivity contribution in [3.8, 4) is 5.75 Å². The molecule has 5 N–H and O–H groups in total. The van der Waals surface area contributed by atoms with Gasteiger partial charge >= 0.3 is 0 Å². The van der Waals surface area contributed by atoms with E-state index in [1.54, 1.807) is 30.2 Å². The molecule has 0 radical (unpaired) electrons. The molecule has 1 spiro atoms. The Hall–Kier alpha value is -3.27. The van der Waals surface area contributed by atoms with Crippen LogP contribution in [0.5, 0.6) is 5.75 Å². The van der Waals surface area contributed by atoms with Gasteiger partial charge in [-0.1, -0.05) is 30.9 Å². The highest BCUT2D eigenvalue weighted by molar-refractivity contribution is 6.35. The lowest BCUT2D eigenvalue weighted by atomic mass is 9.72. The maximum Gasteiger partial charge on any atom is 0.271 e. The summed E-state index contributed by atoms with van der Waals surface area (Å²) in [5.41, 5.74) is 6.46. The summed E-state index contributed by atoms with van der Waals surface area (Å²) in [6.07, 6.45) is 7.24. The first-order chi connectivity index (χ1) is 18.7. The van der Waals surface area contributed by atoms with Crippen molar-refractivity contribution in [2.75, 3.05) is 20.2 Å². The fourth-order valence-corrected chi connectivity index (χ4v) is 6.85. The van der Waals surface area contributed by atoms with Crippen molar-refractivity contribution in [3.63, 3.8) is 0 Å². The monoisotopic (exact) mass is 557 g/mol. The van der Waals surface area contributed by atoms with E-state index in [1.807, 2.05) is 0 Å². The van der Waals surface area contributed by atoms with Crippen LogP contribution < -0.4 is 21.1 Å². The number of benzene rings is 1. The summed E-state index contributed by atoms with van der Waals surface area (Å²) in [7, 11) is 1.55. The quantitative estimate of drug-likeness (QED) is 0.413. The first-order valence-electron chi connectivity index (χ1n) is 13.7. The van der Waals surface area contributed by atoms with Crippen LogP contribution in [-0.4, -0.2) is 65.8 Å². The molecular weight excluding hydrogens is 522 g/mol. The van der Waals surface area contributed by atoms with Crippen LogP contribution in [0.3, 0.4) is 0 Å². The van der Waals surface area contributed by atoms with Gasteiger partial charge in [0.15, 0.2) is 0 Å². The Kier molecular flexibility index (Phi) is 7.75. The van der Waals surface area contributed by atoms with Gasteiger partial charge in [-0.3, -0.25) is 19.2 Å². The van der Waals surface area contributed by atoms with Crippen LogP contribution in [0.15, 0.2) is 18.2 Å². The van der Waals surface area contributed by atoms with E-state index in [2.05, 4.69) is 15.6 Å². The number of piperidine rings is 1. The molecule has 1 unspecified atom stereocenters. The summed E-state index contributed by atoms with van der Waals surface area (Å²) >= 11 is 6.42. The third-order valence-corrected chi connectivity index (χ3v) is 8.98. The SMILES string of the molecule is COc1cc(Cl)c2[nH]c(C(=O)N3CC4(CCCCC4)CC3C(=O)N[C@@H](C[C@@H]3CCCNC3=O)C(N)=O)cc2c1. The second-order valence-electron chi connectivity index (χ2n) is 11.3. The average molecular weight is 558 g/mol. The largest absolute Gasteiger partial charge is 0.497 e. The topological polar surface area (TPSA) is 147 Å². The van der Waals surface area contributed by atoms with Crippen molar-refractivity contribution in [2.45, 2.75) is 69.9 Å². The number of nitrogens with two attached hydrogens (primary N) is 1. The number of likely N-dealkylation sites (tertiary alicyclic amines) is 1. The minimum Gasteiger partial charge on any atom is -0.497 e. The Morgan fingerprint density at radius 2 is 1.97 bits per heavy atom. The van der Waals surface area contributed by atoms with Gasteiger partial charge < -0.3 is 31.0 Å². The van der Waals surface area contributed by atoms with Gasteiger partial charge in [-0.05, 0) is 56.1 Å². The molecule has 4 amide bonds. The third-order valence-electron chi connectivity index (χ3n) is 8.69. The van der Waals surface area contributed by atoms with Crippen molar-refractivity contribution in [3.05, 3.63) is 28.9 Å². The molecule has 3 fully saturated rings. The van der Waals surface area contributed by atoms with Crippen molar-refractivity contribution in [2.24, 2.45) is 17.1 Å². The second kappa shape index (κ2) is 11.1. The second-order valence-corrected chi connectivity index (χ2v) is 11.7. The highest BCUT2D eigenvalue weighted by Crippen LogP contribution is 2.47. The summed E-state index contributed by atoms with van der Waals surface area (Å²) in [5, 5.41) is 6.77. The van der Waals surface area contributed by atoms with Gasteiger partial charge in [-0.2, -0.15) is 0 Å². The summed E-state index contributed by atoms with van der Waals surface area (Å²) in [6, 6.07) is 3.44. The van der Waals surface area contributed by atoms with Gasteiger partial charge in [-0.25, -0.2) is 0 Å². The zero-order valence-corrected chi connectivity index (χ0v) is 22.9. The van der Waals surface area contributed by atoms with Gasteiger partial charge in [0.2, 0.25) is 17.7 Å². The zero-order valence-electron chi connectivity index (χ0n) is 22.2. The number of fused-ring (bicyclic) bond motifs is 1. The minimum atomic E-state index is -0.995. The molecule has 10 nitrogen and oxygen atoms in total. The van der Waals surface area contributed by atoms with Crippen LogP contribution in [-0.2, 0) is 14.4 Å². The maximum absolute atomic E-state index is 13.9. The van der Waals surface area contributed by atoms with E-state index in [0.29, 0.717) is 47.9 Å². The van der Waals surface area contributed by atoms with Crippen molar-refractivity contribution in [1.82, 2.24) is 20.5 Å². The average Bonchev–Trinajstić information content (AvgIpc) is 3.52. The van der Waals surface area contributed by atoms with Crippen LogP contribution in [0.4, 0.5) is 0 Å². The van der Waals surface area contributed by atoms with Gasteiger partial charge in [0, 0.05) is 30.5 Å². The number of nitrogens with one attached hydrogen (secondary N) is 3. The standard InChI is InChI=1S/C28H36ClN5O5/c1-39-18-10-17-12-21(32-23(17)19(29)13-18)27(38)34-15-28(7-3-2-4-8-28)14-22(34)26(37)33-20(24(30)35)11-16-6-5-9-31-25(16)36/h10,12-13,16,20,22,32H,2-9,11,14-15H2,1H3,(H2,30,35)(H,31,36)(H,33,37)/t16-,20-,22?/m0/s1. The highest BCUT2D eigenvalue weighted by Gasteiger charge is 2.49. The van der Waals surface area contributed by atoms with Crippen LogP contribution in [0.25, 0.3) is 10.9 Å². The molecule has 1 saturated carbocycles. The number of amides is 4. The molecule has 2 aromatic rings. The summed E-state index contributed by atoms with van der Waals surface area (Å²) in [6.45, 7) is 1.07. The molecule has 1 aromatic carbocycles. The normalized spacial score (nSPS) is 23.4. The van der Waals surface area contributed by atoms with E-state index >= 15 is 0 Å². The summed E-state index contributed by atoms with van der Waals surface area (Å²) in [5.74, 6) is -1.35. The molecule has 1 aromatic heterocycles. The zero-order chi connectivity index (χ0) is 27.7. The van der Waals surface area contributed by atoms with Crippen LogP contribution in [0.1, 0.15) is 68.3 Å². The maximum atomic E-state index is 13.9. The lowest BCUT2D eigenvalue weighted by molar-refractivity contribution is -0.132. The number of halogens is 1. The number of hydrogen-bond donors (Lipinski definition) is 4. The van der Waals surface area contributed by atoms with E-state index in [1.165, 1.54) is 0 Å². The van der Waals surface area contributed by atoms with E-state index < -0.39 is 29.8 Å². The van der Waals surface area contributed by atoms with E-state index in [4.69, 9.17) is 22.1 Å². The molecular formula is C28H36ClN5O5. The molecule has 0 bridgehead atoms. The molecule has 210 valence electrons. The van der Waals surface area contributed by atoms with Gasteiger partial charge in [-0.15, -0.1) is 0 Å². The smallest absolute Gasteiger partial charge is 0.271 e. The van der Waals surface area contributed by atoms with E-state index in [0.717, 1.165) is 43.9 Å². The molecule has 5 rings (SSSR count). The lowest BCUT2D eigenvalue weighted by Crippen LogP contribution is -2.53. The number of primary amides is 1. The summed E-state index contributed by atoms with van der Waals surface area (Å²) < 4.78 is 5.30. The lowest BCUT2D eigenvalue weighted by Gasteiger charge is -2.32. The number of methoxy groups -OCH3 is 1. The highest BCUT2D eigenvalue weighted by atomic mass is 35.5. The van der Waals surface area contributed by atoms with Gasteiger partial charge in [0.05, 0.1) is 17.6 Å². The van der Waals surface area contributed by atoms with Crippen molar-refractivity contribution < 1.29 is 23.9 Å². The first kappa shape index (κ1) is 27.3. The van der Waals surface area contributed by atoms with Crippen molar-refractivity contribution >= 4 is 46.1 Å². The number of carbonyl (C=O) groups excluding carboxylic acids is 4. The van der Waals surface area contributed by atoms with Crippen molar-refractivity contribution in [1.29, 1.82) is 0 Å². The Morgan fingerprint density at radius 3 is 2.67 bits per heavy atom. The number of H-pyrrole nitrogens is 1. The van der Waals surface area contributed by atoms with E-state index in [9.17, 15) is 19.2 Å². The fourth-order valence-electron chi connectivity index (χ4n) is 6.59. The van der Waals surface area contributed by atoms with Crippen LogP contribution in [0, 0.1) is 11.3 Å². The Bertz CT molecular complexity index is 1290. The molecule has 39 heavy (non-hydrogen) atoms. The molecule has 3 heterocycles. The number of rotatable bonds is 7. The number of hydrogen-bond acceptors (Lipinski definition) is 5. The van der Waals surface area contributed by atoms with Gasteiger partial charge in [0.25, 0.3) is 5.91 Å². The fraction of sp³-hybridized carbons (Fsp3) is 0.571. The number of aromatic nitrogens is 1. The molecule has 1 aliphatic carbocycles. The predicted molar refractivity (Wildman–Crippen MR) is 146 cm³/mol. The molecule has 2 aliphatic heterocycles. The van der Waals surface area contributed by atoms with Crippen LogP contribution in [0.2, 0.25) is 5.02 Å². The minimum absolute atomic E-state index is 0.130. The first-order valence-corrected chi connectivity index (χ1v) is 14.1. The molecule has 11 heteroatoms. The number of ether oxygens (including phenoxy) is 1. The van der Waals surface area contributed by atoms with Gasteiger partial charge in [0.1, 0.15) is 23.5 Å². The van der Waals surface area contributed by atoms with E-state index in [-0.39, 0.29) is 23.7 Å². The summed E-state index contributed by atoms with van der Waals surface area (Å²) in [4.78, 5) is 57.0. The Labute approximate surface area is 232 Å². The Morgan fingerprint density at radius 1 is 1.21 bits per heavy atom. The number of nitrogens with zero attached hydrogens (tertiary/aromatic N) is 1. The molecule has 2 saturated heterocycles. The predicted octanol–water partition coefficient (Wildman–Crippen LogP) is 2.88. The van der Waals surface area contributed by atoms with Crippen LogP contribution >= 0.6 is 11.6 Å². The molecule has 3 atom stereocenters. The molecule has 3 aliphatic rings. The third kappa shape index (κ3) is 5.57. The number of aromatic amines is 1.